The molecule has 27 heavy (non-hydrogen) atoms. The number of nitrogens with two attached hydrogens (primary N) is 1. The zero-order valence-electron chi connectivity index (χ0n) is 15.6. The number of hydrogen-bond donors (Lipinski definition) is 2. The van der Waals surface area contributed by atoms with Crippen LogP contribution in [-0.4, -0.2) is 27.8 Å². The molecule has 0 bridgehead atoms. The maximum atomic E-state index is 12.1. The van der Waals surface area contributed by atoms with Gasteiger partial charge in [0.1, 0.15) is 11.4 Å². The SMILES string of the molecule is CC(C)(C)N.Cc1cncc(C(=O)NCc2cccc(OC(F)(F)F)c2)n1. The van der Waals surface area contributed by atoms with Crippen LogP contribution < -0.4 is 15.8 Å². The normalized spacial score (nSPS) is 11.3. The second-order valence-corrected chi connectivity index (χ2v) is 6.79. The van der Waals surface area contributed by atoms with Crippen LogP contribution in [-0.2, 0) is 6.54 Å². The van der Waals surface area contributed by atoms with Crippen molar-refractivity contribution >= 4 is 5.91 Å². The highest BCUT2D eigenvalue weighted by Crippen LogP contribution is 2.23. The zero-order valence-corrected chi connectivity index (χ0v) is 15.6. The molecule has 0 fully saturated rings. The van der Waals surface area contributed by atoms with E-state index in [0.717, 1.165) is 0 Å². The minimum atomic E-state index is -4.75. The molecule has 3 N–H and O–H groups in total. The molecule has 0 spiro atoms. The van der Waals surface area contributed by atoms with E-state index in [-0.39, 0.29) is 23.5 Å². The lowest BCUT2D eigenvalue weighted by Gasteiger charge is -2.10. The molecule has 0 aliphatic rings. The van der Waals surface area contributed by atoms with Gasteiger partial charge in [-0.25, -0.2) is 4.98 Å². The van der Waals surface area contributed by atoms with E-state index in [2.05, 4.69) is 20.0 Å². The minimum absolute atomic E-state index is 0. The quantitative estimate of drug-likeness (QED) is 0.844. The summed E-state index contributed by atoms with van der Waals surface area (Å²) in [6.45, 7) is 7.64. The van der Waals surface area contributed by atoms with E-state index >= 15 is 0 Å². The van der Waals surface area contributed by atoms with E-state index in [1.54, 1.807) is 13.0 Å². The number of benzene rings is 1. The maximum Gasteiger partial charge on any atom is 0.573 e. The van der Waals surface area contributed by atoms with Crippen LogP contribution in [0.2, 0.25) is 0 Å². The van der Waals surface area contributed by atoms with E-state index in [9.17, 15) is 18.0 Å². The number of alkyl halides is 3. The number of nitrogens with one attached hydrogen (secondary N) is 1. The van der Waals surface area contributed by atoms with Gasteiger partial charge in [-0.3, -0.25) is 9.78 Å². The van der Waals surface area contributed by atoms with Gasteiger partial charge in [0.15, 0.2) is 0 Å². The topological polar surface area (TPSA) is 90.1 Å². The highest BCUT2D eigenvalue weighted by Gasteiger charge is 2.31. The monoisotopic (exact) mass is 384 g/mol. The van der Waals surface area contributed by atoms with Crippen LogP contribution >= 0.6 is 0 Å². The fourth-order valence-corrected chi connectivity index (χ4v) is 1.70. The summed E-state index contributed by atoms with van der Waals surface area (Å²) in [6.07, 6.45) is -1.93. The predicted octanol–water partition coefficient (Wildman–Crippen LogP) is 3.36. The van der Waals surface area contributed by atoms with Crippen LogP contribution in [0.15, 0.2) is 36.7 Å². The van der Waals surface area contributed by atoms with Crippen molar-refractivity contribution in [2.75, 3.05) is 0 Å². The van der Waals surface area contributed by atoms with Gasteiger partial charge in [0.05, 0.1) is 11.9 Å². The Labute approximate surface area is 156 Å². The lowest BCUT2D eigenvalue weighted by Crippen LogP contribution is -2.26. The molecule has 0 aliphatic heterocycles. The third-order valence-corrected chi connectivity index (χ3v) is 2.57. The fourth-order valence-electron chi connectivity index (χ4n) is 1.70. The van der Waals surface area contributed by atoms with Gasteiger partial charge in [0.25, 0.3) is 5.91 Å². The van der Waals surface area contributed by atoms with Crippen molar-refractivity contribution in [3.63, 3.8) is 0 Å². The number of hydrogen-bond acceptors (Lipinski definition) is 5. The van der Waals surface area contributed by atoms with Crippen LogP contribution in [0.4, 0.5) is 13.2 Å². The third-order valence-electron chi connectivity index (χ3n) is 2.57. The molecule has 148 valence electrons. The number of ether oxygens (including phenoxy) is 1. The molecule has 1 amide bonds. The molecule has 1 heterocycles. The van der Waals surface area contributed by atoms with Gasteiger partial charge in [0, 0.05) is 18.3 Å². The van der Waals surface area contributed by atoms with Gasteiger partial charge in [0.2, 0.25) is 0 Å². The maximum absolute atomic E-state index is 12.1. The van der Waals surface area contributed by atoms with Crippen LogP contribution in [0.5, 0.6) is 5.75 Å². The van der Waals surface area contributed by atoms with E-state index in [4.69, 9.17) is 5.73 Å². The van der Waals surface area contributed by atoms with E-state index in [0.29, 0.717) is 11.3 Å². The molecule has 9 heteroatoms. The Morgan fingerprint density at radius 2 is 1.85 bits per heavy atom. The predicted molar refractivity (Wildman–Crippen MR) is 95.0 cm³/mol. The molecule has 0 radical (unpaired) electrons. The van der Waals surface area contributed by atoms with Crippen LogP contribution in [0.1, 0.15) is 42.5 Å². The molecule has 0 atom stereocenters. The van der Waals surface area contributed by atoms with Gasteiger partial charge in [-0.15, -0.1) is 13.2 Å². The molecular formula is C18H23F3N4O2. The van der Waals surface area contributed by atoms with Crippen molar-refractivity contribution in [3.05, 3.63) is 53.6 Å². The summed E-state index contributed by atoms with van der Waals surface area (Å²) < 4.78 is 40.2. The number of rotatable bonds is 4. The van der Waals surface area contributed by atoms with Crippen LogP contribution in [0.3, 0.4) is 0 Å². The Balaban J connectivity index is 0.000000646. The Morgan fingerprint density at radius 1 is 1.22 bits per heavy atom. The first-order valence-corrected chi connectivity index (χ1v) is 8.04. The molecule has 2 rings (SSSR count). The van der Waals surface area contributed by atoms with Gasteiger partial charge in [-0.1, -0.05) is 12.1 Å². The second-order valence-electron chi connectivity index (χ2n) is 6.79. The molecular weight excluding hydrogens is 361 g/mol. The smallest absolute Gasteiger partial charge is 0.406 e. The summed E-state index contributed by atoms with van der Waals surface area (Å²) in [4.78, 5) is 19.7. The average molecular weight is 384 g/mol. The molecule has 2 aromatic rings. The summed E-state index contributed by atoms with van der Waals surface area (Å²) in [7, 11) is 0. The second kappa shape index (κ2) is 9.31. The molecule has 0 aliphatic carbocycles. The standard InChI is InChI=1S/C14H12F3N3O2.C4H11N/c1-9-6-18-8-12(20-9)13(21)19-7-10-3-2-4-11(5-10)22-14(15,16)17;1-4(2,3)5/h2-6,8H,7H2,1H3,(H,19,21);5H2,1-3H3. The van der Waals surface area contributed by atoms with Crippen molar-refractivity contribution in [2.45, 2.75) is 46.1 Å². The molecule has 1 aromatic heterocycles. The summed E-state index contributed by atoms with van der Waals surface area (Å²) in [6, 6.07) is 5.38. The largest absolute Gasteiger partial charge is 0.573 e. The number of halogens is 3. The lowest BCUT2D eigenvalue weighted by molar-refractivity contribution is -0.274. The van der Waals surface area contributed by atoms with Crippen LogP contribution in [0, 0.1) is 6.92 Å². The highest BCUT2D eigenvalue weighted by molar-refractivity contribution is 5.91. The summed E-state index contributed by atoms with van der Waals surface area (Å²) >= 11 is 0. The van der Waals surface area contributed by atoms with Crippen molar-refractivity contribution in [1.29, 1.82) is 0 Å². The Kier molecular flexibility index (Phi) is 7.71. The molecule has 1 aromatic carbocycles. The van der Waals surface area contributed by atoms with Crippen molar-refractivity contribution < 1.29 is 22.7 Å². The number of carbonyl (C=O) groups is 1. The molecule has 6 nitrogen and oxygen atoms in total. The third kappa shape index (κ3) is 10.8. The number of carbonyl (C=O) groups excluding carboxylic acids is 1. The minimum Gasteiger partial charge on any atom is -0.406 e. The van der Waals surface area contributed by atoms with E-state index in [1.165, 1.54) is 30.6 Å². The number of aromatic nitrogens is 2. The number of amides is 1. The molecule has 0 saturated heterocycles. The van der Waals surface area contributed by atoms with E-state index < -0.39 is 12.3 Å². The number of nitrogens with zero attached hydrogens (tertiary/aromatic N) is 2. The summed E-state index contributed by atoms with van der Waals surface area (Å²) in [5, 5.41) is 2.55. The van der Waals surface area contributed by atoms with Crippen molar-refractivity contribution in [3.8, 4) is 5.75 Å². The highest BCUT2D eigenvalue weighted by atomic mass is 19.4. The van der Waals surface area contributed by atoms with Crippen molar-refractivity contribution in [2.24, 2.45) is 5.73 Å². The Morgan fingerprint density at radius 3 is 2.41 bits per heavy atom. The fraction of sp³-hybridized carbons (Fsp3) is 0.389. The average Bonchev–Trinajstić information content (AvgIpc) is 2.50. The molecule has 0 unspecified atom stereocenters. The Bertz CT molecular complexity index is 753. The zero-order chi connectivity index (χ0) is 20.7. The summed E-state index contributed by atoms with van der Waals surface area (Å²) in [5.74, 6) is -0.798. The Hall–Kier alpha value is -2.68. The van der Waals surface area contributed by atoms with Crippen LogP contribution in [0.25, 0.3) is 0 Å². The van der Waals surface area contributed by atoms with Gasteiger partial charge in [-0.2, -0.15) is 0 Å². The van der Waals surface area contributed by atoms with Gasteiger partial charge in [-0.05, 0) is 45.4 Å². The number of aryl methyl sites for hydroxylation is 1. The van der Waals surface area contributed by atoms with Crippen molar-refractivity contribution in [1.82, 2.24) is 15.3 Å². The molecule has 0 saturated carbocycles. The first-order chi connectivity index (χ1) is 12.3. The first kappa shape index (κ1) is 22.4. The first-order valence-electron chi connectivity index (χ1n) is 8.04. The summed E-state index contributed by atoms with van der Waals surface area (Å²) in [5.41, 5.74) is 6.55. The van der Waals surface area contributed by atoms with E-state index in [1.807, 2.05) is 20.8 Å². The lowest BCUT2D eigenvalue weighted by atomic mass is 10.1. The van der Waals surface area contributed by atoms with Gasteiger partial charge >= 0.3 is 6.36 Å². The van der Waals surface area contributed by atoms with Gasteiger partial charge < -0.3 is 15.8 Å².